The number of hydrogen-bond acceptors (Lipinski definition) is 2. The van der Waals surface area contributed by atoms with Crippen molar-refractivity contribution in [1.82, 2.24) is 0 Å². The molecular formula is C20H34O2. The van der Waals surface area contributed by atoms with Crippen LogP contribution in [0.5, 0.6) is 5.75 Å². The molecule has 1 aromatic rings. The molecule has 0 spiro atoms. The smallest absolute Gasteiger partial charge is 0.119 e. The van der Waals surface area contributed by atoms with Gasteiger partial charge in [-0.05, 0) is 57.0 Å². The van der Waals surface area contributed by atoms with Crippen LogP contribution in [0.15, 0.2) is 42.5 Å². The van der Waals surface area contributed by atoms with E-state index in [9.17, 15) is 5.11 Å². The maximum absolute atomic E-state index is 9.45. The number of rotatable bonds is 6. The molecule has 0 aliphatic rings. The Kier molecular flexibility index (Phi) is 16.1. The summed E-state index contributed by atoms with van der Waals surface area (Å²) >= 11 is 0. The second-order valence-corrected chi connectivity index (χ2v) is 4.71. The molecule has 2 nitrogen and oxygen atoms in total. The number of aliphatic hydroxyl groups excluding tert-OH is 1. The maximum atomic E-state index is 9.45. The molecule has 2 heteroatoms. The summed E-state index contributed by atoms with van der Waals surface area (Å²) in [6.45, 7) is 16.5. The van der Waals surface area contributed by atoms with E-state index in [4.69, 9.17) is 4.74 Å². The van der Waals surface area contributed by atoms with E-state index in [1.165, 1.54) is 5.57 Å². The molecule has 0 bridgehead atoms. The maximum Gasteiger partial charge on any atom is 0.119 e. The lowest BCUT2D eigenvalue weighted by atomic mass is 10.2. The minimum absolute atomic E-state index is 0.301. The molecule has 1 rings (SSSR count). The van der Waals surface area contributed by atoms with Crippen LogP contribution in [0.3, 0.4) is 0 Å². The topological polar surface area (TPSA) is 29.5 Å². The van der Waals surface area contributed by atoms with Crippen LogP contribution in [-0.2, 0) is 0 Å². The molecule has 0 fully saturated rings. The van der Waals surface area contributed by atoms with Crippen LogP contribution in [-0.4, -0.2) is 11.7 Å². The number of unbranched alkanes of at least 4 members (excludes halogenated alkanes) is 1. The number of hydrogen-bond donors (Lipinski definition) is 1. The molecule has 126 valence electrons. The van der Waals surface area contributed by atoms with Crippen LogP contribution in [0.2, 0.25) is 0 Å². The van der Waals surface area contributed by atoms with E-state index in [2.05, 4.69) is 20.4 Å². The quantitative estimate of drug-likeness (QED) is 0.356. The molecule has 0 aliphatic carbocycles. The van der Waals surface area contributed by atoms with Gasteiger partial charge in [0.15, 0.2) is 0 Å². The summed E-state index contributed by atoms with van der Waals surface area (Å²) in [6.07, 6.45) is 4.99. The Labute approximate surface area is 137 Å². The lowest BCUT2D eigenvalue weighted by molar-refractivity contribution is 0.309. The van der Waals surface area contributed by atoms with Crippen molar-refractivity contribution in [3.05, 3.63) is 48.1 Å². The SMILES string of the molecule is C=C(C)CC.CC.CC=C(O)c1ccc(OCCCC)cc1. The highest BCUT2D eigenvalue weighted by Crippen LogP contribution is 2.17. The number of allylic oxidation sites excluding steroid dienone is 2. The summed E-state index contributed by atoms with van der Waals surface area (Å²) in [5.41, 5.74) is 2.07. The average molecular weight is 306 g/mol. The zero-order valence-electron chi connectivity index (χ0n) is 15.3. The molecule has 0 aromatic heterocycles. The third-order valence-corrected chi connectivity index (χ3v) is 2.79. The molecule has 0 unspecified atom stereocenters. The lowest BCUT2D eigenvalue weighted by Crippen LogP contribution is -1.96. The van der Waals surface area contributed by atoms with Crippen LogP contribution >= 0.6 is 0 Å². The van der Waals surface area contributed by atoms with Gasteiger partial charge < -0.3 is 9.84 Å². The standard InChI is InChI=1S/C13H18O2.C5H10.C2H6/c1-3-5-10-15-12-8-6-11(7-9-12)13(14)4-2;1-4-5(2)3;1-2/h4,6-9,14H,3,5,10H2,1-2H3;2,4H2,1,3H3;1-2H3. The highest BCUT2D eigenvalue weighted by Gasteiger charge is 1.98. The molecule has 0 saturated carbocycles. The fourth-order valence-electron chi connectivity index (χ4n) is 1.22. The van der Waals surface area contributed by atoms with Crippen molar-refractivity contribution in [2.75, 3.05) is 6.61 Å². The van der Waals surface area contributed by atoms with Crippen molar-refractivity contribution in [3.63, 3.8) is 0 Å². The van der Waals surface area contributed by atoms with E-state index in [0.29, 0.717) is 5.76 Å². The Morgan fingerprint density at radius 2 is 1.68 bits per heavy atom. The Morgan fingerprint density at radius 3 is 2.05 bits per heavy atom. The van der Waals surface area contributed by atoms with E-state index in [1.54, 1.807) is 13.0 Å². The first-order valence-corrected chi connectivity index (χ1v) is 8.28. The minimum Gasteiger partial charge on any atom is -0.508 e. The Hall–Kier alpha value is -1.70. The molecule has 0 atom stereocenters. The van der Waals surface area contributed by atoms with Gasteiger partial charge >= 0.3 is 0 Å². The van der Waals surface area contributed by atoms with E-state index in [-0.39, 0.29) is 0 Å². The van der Waals surface area contributed by atoms with Gasteiger partial charge in [-0.2, -0.15) is 0 Å². The fraction of sp³-hybridized carbons (Fsp3) is 0.500. The van der Waals surface area contributed by atoms with Crippen LogP contribution in [0.25, 0.3) is 5.76 Å². The molecule has 0 aliphatic heterocycles. The van der Waals surface area contributed by atoms with Crippen molar-refractivity contribution in [2.24, 2.45) is 0 Å². The Morgan fingerprint density at radius 1 is 1.18 bits per heavy atom. The van der Waals surface area contributed by atoms with Crippen molar-refractivity contribution in [3.8, 4) is 5.75 Å². The molecule has 1 N–H and O–H groups in total. The van der Waals surface area contributed by atoms with Crippen molar-refractivity contribution < 1.29 is 9.84 Å². The molecule has 0 radical (unpaired) electrons. The van der Waals surface area contributed by atoms with Gasteiger partial charge in [0, 0.05) is 5.56 Å². The van der Waals surface area contributed by atoms with Gasteiger partial charge in [-0.25, -0.2) is 0 Å². The van der Waals surface area contributed by atoms with Crippen molar-refractivity contribution in [2.45, 2.75) is 60.8 Å². The second kappa shape index (κ2) is 15.7. The third kappa shape index (κ3) is 12.1. The van der Waals surface area contributed by atoms with E-state index >= 15 is 0 Å². The summed E-state index contributed by atoms with van der Waals surface area (Å²) in [4.78, 5) is 0. The van der Waals surface area contributed by atoms with Gasteiger partial charge in [0.25, 0.3) is 0 Å². The van der Waals surface area contributed by atoms with Gasteiger partial charge in [0.1, 0.15) is 11.5 Å². The summed E-state index contributed by atoms with van der Waals surface area (Å²) in [5, 5.41) is 9.45. The van der Waals surface area contributed by atoms with Gasteiger partial charge in [0.05, 0.1) is 6.61 Å². The number of aliphatic hydroxyl groups is 1. The number of benzene rings is 1. The van der Waals surface area contributed by atoms with E-state index in [0.717, 1.165) is 37.2 Å². The van der Waals surface area contributed by atoms with Gasteiger partial charge in [-0.3, -0.25) is 0 Å². The predicted octanol–water partition coefficient (Wildman–Crippen LogP) is 6.78. The van der Waals surface area contributed by atoms with Crippen molar-refractivity contribution >= 4 is 5.76 Å². The third-order valence-electron chi connectivity index (χ3n) is 2.79. The highest BCUT2D eigenvalue weighted by atomic mass is 16.5. The number of ether oxygens (including phenoxy) is 1. The normalized spacial score (nSPS) is 9.82. The lowest BCUT2D eigenvalue weighted by Gasteiger charge is -2.06. The minimum atomic E-state index is 0.301. The van der Waals surface area contributed by atoms with Gasteiger partial charge in [-0.1, -0.05) is 39.7 Å². The van der Waals surface area contributed by atoms with Crippen molar-refractivity contribution in [1.29, 1.82) is 0 Å². The highest BCUT2D eigenvalue weighted by molar-refractivity contribution is 5.58. The monoisotopic (exact) mass is 306 g/mol. The molecule has 22 heavy (non-hydrogen) atoms. The van der Waals surface area contributed by atoms with Gasteiger partial charge in [0.2, 0.25) is 0 Å². The van der Waals surface area contributed by atoms with E-state index in [1.807, 2.05) is 45.0 Å². The first-order chi connectivity index (χ1) is 10.5. The Bertz CT molecular complexity index is 402. The summed E-state index contributed by atoms with van der Waals surface area (Å²) in [6, 6.07) is 7.47. The first kappa shape index (κ1) is 22.6. The molecular weight excluding hydrogens is 272 g/mol. The predicted molar refractivity (Wildman–Crippen MR) is 99.6 cm³/mol. The molecule has 0 saturated heterocycles. The van der Waals surface area contributed by atoms with Crippen LogP contribution < -0.4 is 4.74 Å². The van der Waals surface area contributed by atoms with Crippen LogP contribution in [0.1, 0.15) is 66.4 Å². The summed E-state index contributed by atoms with van der Waals surface area (Å²) < 4.78 is 5.51. The molecule has 1 aromatic carbocycles. The second-order valence-electron chi connectivity index (χ2n) is 4.71. The van der Waals surface area contributed by atoms with Gasteiger partial charge in [-0.15, -0.1) is 6.58 Å². The molecule has 0 heterocycles. The summed E-state index contributed by atoms with van der Waals surface area (Å²) in [7, 11) is 0. The first-order valence-electron chi connectivity index (χ1n) is 8.28. The van der Waals surface area contributed by atoms with Crippen LogP contribution in [0, 0.1) is 0 Å². The summed E-state index contributed by atoms with van der Waals surface area (Å²) in [5.74, 6) is 1.16. The van der Waals surface area contributed by atoms with E-state index < -0.39 is 0 Å². The Balaban J connectivity index is 0. The zero-order chi connectivity index (χ0) is 17.4. The zero-order valence-corrected chi connectivity index (χ0v) is 15.3. The average Bonchev–Trinajstić information content (AvgIpc) is 2.57. The van der Waals surface area contributed by atoms with Crippen LogP contribution in [0.4, 0.5) is 0 Å². The largest absolute Gasteiger partial charge is 0.508 e. The molecule has 0 amide bonds. The fourth-order valence-corrected chi connectivity index (χ4v) is 1.22.